The molecule has 1 amide bonds. The van der Waals surface area contributed by atoms with Crippen LogP contribution in [-0.4, -0.2) is 17.6 Å². The minimum absolute atomic E-state index is 0.0399. The Morgan fingerprint density at radius 2 is 1.81 bits per heavy atom. The number of hydrogen-bond acceptors (Lipinski definition) is 2. The molecule has 1 unspecified atom stereocenters. The van der Waals surface area contributed by atoms with Crippen molar-refractivity contribution in [1.82, 2.24) is 5.32 Å². The van der Waals surface area contributed by atoms with Gasteiger partial charge in [0.2, 0.25) is 0 Å². The average molecular weight is 291 g/mol. The number of rotatable bonds is 4. The van der Waals surface area contributed by atoms with Gasteiger partial charge in [-0.15, -0.1) is 0 Å². The number of halogens is 2. The van der Waals surface area contributed by atoms with Crippen molar-refractivity contribution in [3.63, 3.8) is 0 Å². The van der Waals surface area contributed by atoms with Crippen LogP contribution in [0.25, 0.3) is 0 Å². The highest BCUT2D eigenvalue weighted by Crippen LogP contribution is 2.16. The predicted molar refractivity (Wildman–Crippen MR) is 74.8 cm³/mol. The van der Waals surface area contributed by atoms with Crippen LogP contribution in [0.3, 0.4) is 0 Å². The molecule has 2 N–H and O–H groups in total. The molecule has 110 valence electrons. The van der Waals surface area contributed by atoms with E-state index in [1.54, 1.807) is 12.1 Å². The Hall–Kier alpha value is -2.27. The summed E-state index contributed by atoms with van der Waals surface area (Å²) in [6, 6.07) is 9.82. The molecule has 2 rings (SSSR count). The normalized spacial score (nSPS) is 12.0. The molecule has 0 spiro atoms. The fraction of sp³-hybridized carbons (Fsp3) is 0.188. The van der Waals surface area contributed by atoms with Crippen LogP contribution in [0.5, 0.6) is 0 Å². The molecule has 0 radical (unpaired) electrons. The van der Waals surface area contributed by atoms with Crippen LogP contribution >= 0.6 is 0 Å². The maximum absolute atomic E-state index is 13.0. The van der Waals surface area contributed by atoms with Gasteiger partial charge in [-0.1, -0.05) is 24.3 Å². The van der Waals surface area contributed by atoms with Crippen LogP contribution in [0.1, 0.15) is 27.6 Å². The second kappa shape index (κ2) is 6.45. The van der Waals surface area contributed by atoms with Gasteiger partial charge in [0.1, 0.15) is 11.6 Å². The molecule has 5 heteroatoms. The highest BCUT2D eigenvalue weighted by Gasteiger charge is 2.13. The molecular weight excluding hydrogens is 276 g/mol. The highest BCUT2D eigenvalue weighted by atomic mass is 19.1. The van der Waals surface area contributed by atoms with Gasteiger partial charge in [-0.3, -0.25) is 4.79 Å². The zero-order valence-electron chi connectivity index (χ0n) is 11.4. The molecule has 2 aromatic rings. The number of nitrogens with one attached hydrogen (secondary N) is 1. The van der Waals surface area contributed by atoms with E-state index in [0.29, 0.717) is 11.6 Å². The number of carbonyl (C=O) groups is 1. The van der Waals surface area contributed by atoms with Crippen molar-refractivity contribution in [1.29, 1.82) is 0 Å². The fourth-order valence-electron chi connectivity index (χ4n) is 2.05. The van der Waals surface area contributed by atoms with Gasteiger partial charge in [0, 0.05) is 18.2 Å². The van der Waals surface area contributed by atoms with E-state index in [1.165, 1.54) is 0 Å². The maximum Gasteiger partial charge on any atom is 0.251 e. The Morgan fingerprint density at radius 1 is 1.19 bits per heavy atom. The van der Waals surface area contributed by atoms with Crippen LogP contribution in [0.2, 0.25) is 0 Å². The summed E-state index contributed by atoms with van der Waals surface area (Å²) in [4.78, 5) is 11.8. The van der Waals surface area contributed by atoms with Gasteiger partial charge in [0.15, 0.2) is 0 Å². The van der Waals surface area contributed by atoms with E-state index in [-0.39, 0.29) is 12.1 Å². The topological polar surface area (TPSA) is 49.3 Å². The van der Waals surface area contributed by atoms with Gasteiger partial charge in [-0.05, 0) is 30.2 Å². The van der Waals surface area contributed by atoms with Crippen LogP contribution in [-0.2, 0) is 0 Å². The molecule has 1 atom stereocenters. The van der Waals surface area contributed by atoms with Gasteiger partial charge in [0.05, 0.1) is 6.10 Å². The predicted octanol–water partition coefficient (Wildman–Crippen LogP) is 2.74. The summed E-state index contributed by atoms with van der Waals surface area (Å²) in [5.41, 5.74) is 1.48. The van der Waals surface area contributed by atoms with Crippen LogP contribution in [0, 0.1) is 18.6 Å². The molecule has 0 heterocycles. The Bertz CT molecular complexity index is 638. The van der Waals surface area contributed by atoms with E-state index in [4.69, 9.17) is 0 Å². The lowest BCUT2D eigenvalue weighted by molar-refractivity contribution is 0.0915. The first-order valence-electron chi connectivity index (χ1n) is 6.45. The highest BCUT2D eigenvalue weighted by molar-refractivity contribution is 5.94. The third-order valence-corrected chi connectivity index (χ3v) is 3.13. The lowest BCUT2D eigenvalue weighted by Crippen LogP contribution is -2.28. The van der Waals surface area contributed by atoms with Crippen LogP contribution in [0.4, 0.5) is 8.78 Å². The minimum Gasteiger partial charge on any atom is -0.387 e. The lowest BCUT2D eigenvalue weighted by atomic mass is 10.0. The van der Waals surface area contributed by atoms with Gasteiger partial charge >= 0.3 is 0 Å². The van der Waals surface area contributed by atoms with Crippen LogP contribution < -0.4 is 5.32 Å². The molecule has 2 aromatic carbocycles. The standard InChI is InChI=1S/C16H15F2NO2/c1-10-4-2-3-5-14(10)15(20)9-19-16(21)11-6-12(17)8-13(18)7-11/h2-8,15,20H,9H2,1H3,(H,19,21). The van der Waals surface area contributed by atoms with E-state index in [9.17, 15) is 18.7 Å². The van der Waals surface area contributed by atoms with Crippen molar-refractivity contribution < 1.29 is 18.7 Å². The van der Waals surface area contributed by atoms with Crippen molar-refractivity contribution in [3.05, 3.63) is 70.8 Å². The molecule has 0 saturated heterocycles. The zero-order valence-corrected chi connectivity index (χ0v) is 11.4. The quantitative estimate of drug-likeness (QED) is 0.910. The number of aliphatic hydroxyl groups excluding tert-OH is 1. The molecule has 0 saturated carbocycles. The smallest absolute Gasteiger partial charge is 0.251 e. The van der Waals surface area contributed by atoms with Gasteiger partial charge in [-0.2, -0.15) is 0 Å². The summed E-state index contributed by atoms with van der Waals surface area (Å²) < 4.78 is 26.1. The van der Waals surface area contributed by atoms with Gasteiger partial charge in [-0.25, -0.2) is 8.78 Å². The first-order valence-corrected chi connectivity index (χ1v) is 6.45. The lowest BCUT2D eigenvalue weighted by Gasteiger charge is -2.14. The second-order valence-corrected chi connectivity index (χ2v) is 4.74. The monoisotopic (exact) mass is 291 g/mol. The Morgan fingerprint density at radius 3 is 2.43 bits per heavy atom. The molecule has 0 aliphatic rings. The van der Waals surface area contributed by atoms with E-state index in [0.717, 1.165) is 17.7 Å². The fourth-order valence-corrected chi connectivity index (χ4v) is 2.05. The Labute approximate surface area is 121 Å². The molecular formula is C16H15F2NO2. The number of benzene rings is 2. The Balaban J connectivity index is 2.02. The van der Waals surface area contributed by atoms with Gasteiger partial charge in [0.25, 0.3) is 5.91 Å². The molecule has 0 aliphatic heterocycles. The van der Waals surface area contributed by atoms with E-state index < -0.39 is 23.6 Å². The van der Waals surface area contributed by atoms with Crippen molar-refractivity contribution >= 4 is 5.91 Å². The summed E-state index contributed by atoms with van der Waals surface area (Å²) in [5.74, 6) is -2.28. The van der Waals surface area contributed by atoms with E-state index in [2.05, 4.69) is 5.32 Å². The van der Waals surface area contributed by atoms with E-state index in [1.807, 2.05) is 19.1 Å². The third-order valence-electron chi connectivity index (χ3n) is 3.13. The Kier molecular flexibility index (Phi) is 4.65. The van der Waals surface area contributed by atoms with Crippen molar-refractivity contribution in [3.8, 4) is 0 Å². The first-order chi connectivity index (χ1) is 9.97. The van der Waals surface area contributed by atoms with Crippen molar-refractivity contribution in [2.24, 2.45) is 0 Å². The molecule has 0 aliphatic carbocycles. The van der Waals surface area contributed by atoms with Crippen molar-refractivity contribution in [2.75, 3.05) is 6.54 Å². The largest absolute Gasteiger partial charge is 0.387 e. The molecule has 0 bridgehead atoms. The summed E-state index contributed by atoms with van der Waals surface area (Å²) in [6.07, 6.45) is -0.881. The molecule has 21 heavy (non-hydrogen) atoms. The summed E-state index contributed by atoms with van der Waals surface area (Å²) >= 11 is 0. The summed E-state index contributed by atoms with van der Waals surface area (Å²) in [5, 5.41) is 12.5. The molecule has 0 fully saturated rings. The average Bonchev–Trinajstić information content (AvgIpc) is 2.43. The van der Waals surface area contributed by atoms with Gasteiger partial charge < -0.3 is 10.4 Å². The summed E-state index contributed by atoms with van der Waals surface area (Å²) in [6.45, 7) is 1.81. The van der Waals surface area contributed by atoms with Crippen molar-refractivity contribution in [2.45, 2.75) is 13.0 Å². The minimum atomic E-state index is -0.881. The number of hydrogen-bond donors (Lipinski definition) is 2. The van der Waals surface area contributed by atoms with E-state index >= 15 is 0 Å². The molecule has 0 aromatic heterocycles. The number of aryl methyl sites for hydroxylation is 1. The number of aliphatic hydroxyl groups is 1. The van der Waals surface area contributed by atoms with Crippen LogP contribution in [0.15, 0.2) is 42.5 Å². The summed E-state index contributed by atoms with van der Waals surface area (Å²) in [7, 11) is 0. The number of carbonyl (C=O) groups excluding carboxylic acids is 1. The SMILES string of the molecule is Cc1ccccc1C(O)CNC(=O)c1cc(F)cc(F)c1. The maximum atomic E-state index is 13.0. The molecule has 3 nitrogen and oxygen atoms in total. The zero-order chi connectivity index (χ0) is 15.4. The first kappa shape index (κ1) is 15.1. The third kappa shape index (κ3) is 3.86. The second-order valence-electron chi connectivity index (χ2n) is 4.74. The number of amides is 1.